The van der Waals surface area contributed by atoms with Crippen LogP contribution in [0.1, 0.15) is 29.7 Å². The Labute approximate surface area is 166 Å². The number of pyridine rings is 1. The standard InChI is InChI=1S/C22H29N5O/c23-22(24)27-12-8-18-4-5-21(13-19(18)14-27)28-16-17-6-10-26(11-7-17)15-20-3-1-2-9-25-20/h1-5,9,13,17H,6-8,10-12,14-16H2,(H3,23,24). The van der Waals surface area contributed by atoms with Crippen LogP contribution in [0, 0.1) is 11.3 Å². The average Bonchev–Trinajstić information content (AvgIpc) is 2.73. The van der Waals surface area contributed by atoms with Crippen molar-refractivity contribution in [3.8, 4) is 5.75 Å². The molecule has 3 N–H and O–H groups in total. The Morgan fingerprint density at radius 1 is 1.14 bits per heavy atom. The SMILES string of the molecule is N=C(N)N1CCc2ccc(OCC3CCN(Cc4ccccn4)CC3)cc2C1. The summed E-state index contributed by atoms with van der Waals surface area (Å²) in [5.74, 6) is 1.68. The number of hydrogen-bond donors (Lipinski definition) is 2. The van der Waals surface area contributed by atoms with E-state index in [9.17, 15) is 0 Å². The molecule has 0 bridgehead atoms. The van der Waals surface area contributed by atoms with E-state index in [0.717, 1.165) is 63.5 Å². The van der Waals surface area contributed by atoms with Crippen molar-refractivity contribution < 1.29 is 4.74 Å². The first-order chi connectivity index (χ1) is 13.7. The van der Waals surface area contributed by atoms with Crippen molar-refractivity contribution in [1.82, 2.24) is 14.8 Å². The van der Waals surface area contributed by atoms with E-state index in [4.69, 9.17) is 15.9 Å². The molecule has 0 saturated carbocycles. The topological polar surface area (TPSA) is 78.5 Å². The lowest BCUT2D eigenvalue weighted by molar-refractivity contribution is 0.135. The summed E-state index contributed by atoms with van der Waals surface area (Å²) in [6.07, 6.45) is 5.12. The maximum absolute atomic E-state index is 7.65. The van der Waals surface area contributed by atoms with E-state index >= 15 is 0 Å². The van der Waals surface area contributed by atoms with Crippen LogP contribution in [-0.4, -0.2) is 47.0 Å². The Balaban J connectivity index is 1.25. The summed E-state index contributed by atoms with van der Waals surface area (Å²) in [5.41, 5.74) is 9.36. The van der Waals surface area contributed by atoms with Gasteiger partial charge in [-0.15, -0.1) is 0 Å². The van der Waals surface area contributed by atoms with E-state index in [-0.39, 0.29) is 5.96 Å². The third-order valence-corrected chi connectivity index (χ3v) is 5.84. The van der Waals surface area contributed by atoms with Gasteiger partial charge in [0.25, 0.3) is 0 Å². The van der Waals surface area contributed by atoms with Crippen LogP contribution >= 0.6 is 0 Å². The molecular weight excluding hydrogens is 350 g/mol. The van der Waals surface area contributed by atoms with E-state index < -0.39 is 0 Å². The van der Waals surface area contributed by atoms with Crippen molar-refractivity contribution in [2.45, 2.75) is 32.4 Å². The zero-order valence-electron chi connectivity index (χ0n) is 16.3. The number of benzene rings is 1. The fourth-order valence-corrected chi connectivity index (χ4v) is 4.07. The summed E-state index contributed by atoms with van der Waals surface area (Å²) in [5, 5.41) is 7.65. The summed E-state index contributed by atoms with van der Waals surface area (Å²) in [6, 6.07) is 12.5. The number of guanidine groups is 1. The molecule has 0 aliphatic carbocycles. The lowest BCUT2D eigenvalue weighted by Gasteiger charge is -2.32. The normalized spacial score (nSPS) is 17.9. The number of nitrogens with two attached hydrogens (primary N) is 1. The van der Waals surface area contributed by atoms with E-state index in [1.165, 1.54) is 11.1 Å². The highest BCUT2D eigenvalue weighted by Gasteiger charge is 2.21. The smallest absolute Gasteiger partial charge is 0.188 e. The summed E-state index contributed by atoms with van der Waals surface area (Å²) < 4.78 is 6.13. The first-order valence-corrected chi connectivity index (χ1v) is 10.1. The number of hydrogen-bond acceptors (Lipinski definition) is 4. The molecule has 2 aromatic rings. The number of nitrogens with one attached hydrogen (secondary N) is 1. The van der Waals surface area contributed by atoms with E-state index in [0.29, 0.717) is 12.5 Å². The van der Waals surface area contributed by atoms with Gasteiger partial charge in [0.1, 0.15) is 5.75 Å². The number of aromatic nitrogens is 1. The first kappa shape index (κ1) is 18.7. The Kier molecular flexibility index (Phi) is 5.76. The molecule has 0 spiro atoms. The van der Waals surface area contributed by atoms with Crippen LogP contribution in [0.25, 0.3) is 0 Å². The van der Waals surface area contributed by atoms with Gasteiger partial charge in [-0.3, -0.25) is 15.3 Å². The molecule has 1 saturated heterocycles. The maximum atomic E-state index is 7.65. The number of ether oxygens (including phenoxy) is 1. The number of likely N-dealkylation sites (tertiary alicyclic amines) is 1. The zero-order chi connectivity index (χ0) is 19.3. The van der Waals surface area contributed by atoms with Gasteiger partial charge in [0.05, 0.1) is 12.3 Å². The summed E-state index contributed by atoms with van der Waals surface area (Å²) in [4.78, 5) is 8.81. The second-order valence-corrected chi connectivity index (χ2v) is 7.84. The highest BCUT2D eigenvalue weighted by molar-refractivity contribution is 5.75. The second-order valence-electron chi connectivity index (χ2n) is 7.84. The largest absolute Gasteiger partial charge is 0.493 e. The van der Waals surface area contributed by atoms with Gasteiger partial charge in [0.15, 0.2) is 5.96 Å². The van der Waals surface area contributed by atoms with E-state index in [1.54, 1.807) is 0 Å². The predicted octanol–water partition coefficient (Wildman–Crippen LogP) is 2.62. The van der Waals surface area contributed by atoms with Crippen LogP contribution in [0.3, 0.4) is 0 Å². The molecule has 1 aromatic carbocycles. The molecule has 148 valence electrons. The van der Waals surface area contributed by atoms with Gasteiger partial charge < -0.3 is 15.4 Å². The minimum absolute atomic E-state index is 0.148. The monoisotopic (exact) mass is 379 g/mol. The number of fused-ring (bicyclic) bond motifs is 1. The Morgan fingerprint density at radius 2 is 2.00 bits per heavy atom. The first-order valence-electron chi connectivity index (χ1n) is 10.1. The minimum Gasteiger partial charge on any atom is -0.493 e. The van der Waals surface area contributed by atoms with Crippen LogP contribution in [0.2, 0.25) is 0 Å². The van der Waals surface area contributed by atoms with Gasteiger partial charge >= 0.3 is 0 Å². The predicted molar refractivity (Wildman–Crippen MR) is 110 cm³/mol. The molecule has 0 unspecified atom stereocenters. The second kappa shape index (κ2) is 8.61. The highest BCUT2D eigenvalue weighted by atomic mass is 16.5. The Morgan fingerprint density at radius 3 is 2.75 bits per heavy atom. The molecule has 0 atom stereocenters. The van der Waals surface area contributed by atoms with Gasteiger partial charge in [0.2, 0.25) is 0 Å². The highest BCUT2D eigenvalue weighted by Crippen LogP contribution is 2.25. The van der Waals surface area contributed by atoms with E-state index in [2.05, 4.69) is 40.2 Å². The van der Waals surface area contributed by atoms with Crippen molar-refractivity contribution >= 4 is 5.96 Å². The van der Waals surface area contributed by atoms with Crippen molar-refractivity contribution in [3.05, 3.63) is 59.4 Å². The van der Waals surface area contributed by atoms with Crippen molar-refractivity contribution in [2.75, 3.05) is 26.2 Å². The number of nitrogens with zero attached hydrogens (tertiary/aromatic N) is 3. The van der Waals surface area contributed by atoms with Gasteiger partial charge in [-0.05, 0) is 73.7 Å². The van der Waals surface area contributed by atoms with Gasteiger partial charge in [0, 0.05) is 25.8 Å². The third-order valence-electron chi connectivity index (χ3n) is 5.84. The number of piperidine rings is 1. The molecule has 6 heteroatoms. The quantitative estimate of drug-likeness (QED) is 0.617. The molecule has 2 aliphatic rings. The summed E-state index contributed by atoms with van der Waals surface area (Å²) in [6.45, 7) is 5.43. The average molecular weight is 380 g/mol. The van der Waals surface area contributed by atoms with Crippen LogP contribution in [-0.2, 0) is 19.5 Å². The van der Waals surface area contributed by atoms with Crippen molar-refractivity contribution in [3.63, 3.8) is 0 Å². The molecule has 3 heterocycles. The fourth-order valence-electron chi connectivity index (χ4n) is 4.07. The van der Waals surface area contributed by atoms with Crippen molar-refractivity contribution in [2.24, 2.45) is 11.7 Å². The summed E-state index contributed by atoms with van der Waals surface area (Å²) >= 11 is 0. The molecule has 28 heavy (non-hydrogen) atoms. The minimum atomic E-state index is 0.148. The molecule has 1 fully saturated rings. The van der Waals surface area contributed by atoms with Gasteiger partial charge in [-0.1, -0.05) is 12.1 Å². The third kappa shape index (κ3) is 4.62. The molecule has 2 aliphatic heterocycles. The van der Waals surface area contributed by atoms with Crippen molar-refractivity contribution in [1.29, 1.82) is 5.41 Å². The van der Waals surface area contributed by atoms with E-state index in [1.807, 2.05) is 17.2 Å². The fraction of sp³-hybridized carbons (Fsp3) is 0.455. The zero-order valence-corrected chi connectivity index (χ0v) is 16.3. The van der Waals surface area contributed by atoms with Crippen LogP contribution in [0.15, 0.2) is 42.6 Å². The van der Waals surface area contributed by atoms with Crippen LogP contribution in [0.5, 0.6) is 5.75 Å². The van der Waals surface area contributed by atoms with Gasteiger partial charge in [-0.25, -0.2) is 0 Å². The lowest BCUT2D eigenvalue weighted by atomic mass is 9.97. The molecule has 0 amide bonds. The Bertz CT molecular complexity index is 802. The number of rotatable bonds is 5. The molecule has 6 nitrogen and oxygen atoms in total. The lowest BCUT2D eigenvalue weighted by Crippen LogP contribution is -2.40. The Hall–Kier alpha value is -2.60. The molecule has 4 rings (SSSR count). The molecule has 0 radical (unpaired) electrons. The maximum Gasteiger partial charge on any atom is 0.188 e. The molecular formula is C22H29N5O. The molecule has 1 aromatic heterocycles. The summed E-state index contributed by atoms with van der Waals surface area (Å²) in [7, 11) is 0. The van der Waals surface area contributed by atoms with Crippen LogP contribution < -0.4 is 10.5 Å². The van der Waals surface area contributed by atoms with Crippen LogP contribution in [0.4, 0.5) is 0 Å². The van der Waals surface area contributed by atoms with Gasteiger partial charge in [-0.2, -0.15) is 0 Å².